The van der Waals surface area contributed by atoms with Gasteiger partial charge in [-0.15, -0.1) is 23.5 Å². The first kappa shape index (κ1) is 13.4. The van der Waals surface area contributed by atoms with Crippen molar-refractivity contribution < 1.29 is 5.11 Å². The molecule has 15 heavy (non-hydrogen) atoms. The maximum Gasteiger partial charge on any atom is 0.0497 e. The SMILES string of the molecule is CSc1cc(C(C)CO)cc(Br)c1SC. The topological polar surface area (TPSA) is 20.2 Å². The van der Waals surface area contributed by atoms with Crippen molar-refractivity contribution in [2.45, 2.75) is 22.6 Å². The van der Waals surface area contributed by atoms with Crippen molar-refractivity contribution in [2.75, 3.05) is 19.1 Å². The van der Waals surface area contributed by atoms with Crippen LogP contribution < -0.4 is 0 Å². The van der Waals surface area contributed by atoms with Crippen LogP contribution in [0.2, 0.25) is 0 Å². The van der Waals surface area contributed by atoms with Crippen LogP contribution in [0.15, 0.2) is 26.4 Å². The van der Waals surface area contributed by atoms with Crippen LogP contribution in [0.1, 0.15) is 18.4 Å². The molecule has 4 heteroatoms. The maximum atomic E-state index is 9.14. The summed E-state index contributed by atoms with van der Waals surface area (Å²) in [7, 11) is 0. The Bertz CT molecular complexity index is 342. The first-order valence-corrected chi connectivity index (χ1v) is 7.90. The highest BCUT2D eigenvalue weighted by atomic mass is 79.9. The normalized spacial score (nSPS) is 12.9. The Hall–Kier alpha value is 0.360. The third-order valence-corrected chi connectivity index (χ3v) is 4.93. The number of halogens is 1. The van der Waals surface area contributed by atoms with Crippen LogP contribution >= 0.6 is 39.5 Å². The Balaban J connectivity index is 3.19. The van der Waals surface area contributed by atoms with Crippen LogP contribution in [0.25, 0.3) is 0 Å². The highest BCUT2D eigenvalue weighted by Crippen LogP contribution is 2.37. The summed E-state index contributed by atoms with van der Waals surface area (Å²) in [5, 5.41) is 9.14. The van der Waals surface area contributed by atoms with E-state index >= 15 is 0 Å². The minimum absolute atomic E-state index is 0.193. The number of thioether (sulfide) groups is 2. The highest BCUT2D eigenvalue weighted by molar-refractivity contribution is 9.10. The highest BCUT2D eigenvalue weighted by Gasteiger charge is 2.11. The fourth-order valence-electron chi connectivity index (χ4n) is 1.33. The molecule has 1 nitrogen and oxygen atoms in total. The van der Waals surface area contributed by atoms with Gasteiger partial charge in [-0.05, 0) is 46.1 Å². The first-order chi connectivity index (χ1) is 7.13. The van der Waals surface area contributed by atoms with E-state index in [4.69, 9.17) is 5.11 Å². The van der Waals surface area contributed by atoms with Gasteiger partial charge >= 0.3 is 0 Å². The first-order valence-electron chi connectivity index (χ1n) is 4.66. The molecule has 0 saturated heterocycles. The Morgan fingerprint density at radius 1 is 1.33 bits per heavy atom. The van der Waals surface area contributed by atoms with E-state index in [1.807, 2.05) is 6.92 Å². The predicted molar refractivity (Wildman–Crippen MR) is 73.2 cm³/mol. The summed E-state index contributed by atoms with van der Waals surface area (Å²) in [4.78, 5) is 2.54. The molecule has 0 fully saturated rings. The molecule has 0 aromatic heterocycles. The third kappa shape index (κ3) is 3.16. The molecule has 1 aromatic rings. The van der Waals surface area contributed by atoms with Gasteiger partial charge in [-0.3, -0.25) is 0 Å². The van der Waals surface area contributed by atoms with E-state index in [-0.39, 0.29) is 12.5 Å². The molecule has 0 aliphatic carbocycles. The van der Waals surface area contributed by atoms with Gasteiger partial charge < -0.3 is 5.11 Å². The molecular formula is C11H15BrOS2. The Labute approximate surface area is 108 Å². The fourth-order valence-corrected chi connectivity index (χ4v) is 3.99. The third-order valence-electron chi connectivity index (χ3n) is 2.30. The second-order valence-corrected chi connectivity index (χ2v) is 5.84. The van der Waals surface area contributed by atoms with E-state index in [1.165, 1.54) is 15.4 Å². The summed E-state index contributed by atoms with van der Waals surface area (Å²) < 4.78 is 1.12. The summed E-state index contributed by atoms with van der Waals surface area (Å²) in [6, 6.07) is 4.27. The van der Waals surface area contributed by atoms with E-state index in [9.17, 15) is 0 Å². The molecule has 1 unspecified atom stereocenters. The molecule has 0 heterocycles. The van der Waals surface area contributed by atoms with Gasteiger partial charge in [0.1, 0.15) is 0 Å². The van der Waals surface area contributed by atoms with Gasteiger partial charge in [0.15, 0.2) is 0 Å². The fraction of sp³-hybridized carbons (Fsp3) is 0.455. The lowest BCUT2D eigenvalue weighted by molar-refractivity contribution is 0.273. The van der Waals surface area contributed by atoms with Crippen LogP contribution in [0.5, 0.6) is 0 Å². The molecule has 1 N–H and O–H groups in total. The summed E-state index contributed by atoms with van der Waals surface area (Å²) in [6.45, 7) is 2.23. The van der Waals surface area contributed by atoms with E-state index in [0.29, 0.717) is 0 Å². The average molecular weight is 307 g/mol. The largest absolute Gasteiger partial charge is 0.396 e. The van der Waals surface area contributed by atoms with Crippen LogP contribution in [0.4, 0.5) is 0 Å². The zero-order valence-electron chi connectivity index (χ0n) is 9.08. The van der Waals surface area contributed by atoms with Gasteiger partial charge in [0, 0.05) is 26.8 Å². The van der Waals surface area contributed by atoms with Crippen molar-refractivity contribution in [3.63, 3.8) is 0 Å². The minimum Gasteiger partial charge on any atom is -0.396 e. The van der Waals surface area contributed by atoms with Gasteiger partial charge in [-0.1, -0.05) is 6.92 Å². The lowest BCUT2D eigenvalue weighted by Gasteiger charge is -2.14. The molecule has 0 amide bonds. The molecule has 1 aromatic carbocycles. The van der Waals surface area contributed by atoms with E-state index < -0.39 is 0 Å². The molecule has 1 atom stereocenters. The number of benzene rings is 1. The van der Waals surface area contributed by atoms with Gasteiger partial charge in [0.25, 0.3) is 0 Å². The van der Waals surface area contributed by atoms with E-state index in [1.54, 1.807) is 23.5 Å². The summed E-state index contributed by atoms with van der Waals surface area (Å²) in [6.07, 6.45) is 4.16. The number of aliphatic hydroxyl groups is 1. The standard InChI is InChI=1S/C11H15BrOS2/c1-7(6-13)8-4-9(12)11(15-3)10(5-8)14-2/h4-5,7,13H,6H2,1-3H3. The summed E-state index contributed by atoms with van der Waals surface area (Å²) in [5.74, 6) is 0.197. The zero-order valence-corrected chi connectivity index (χ0v) is 12.3. The van der Waals surface area contributed by atoms with Crippen molar-refractivity contribution >= 4 is 39.5 Å². The lowest BCUT2D eigenvalue weighted by Crippen LogP contribution is -1.99. The van der Waals surface area contributed by atoms with E-state index in [0.717, 1.165) is 4.47 Å². The monoisotopic (exact) mass is 306 g/mol. The number of hydrogen-bond acceptors (Lipinski definition) is 3. The smallest absolute Gasteiger partial charge is 0.0497 e. The molecule has 0 bridgehead atoms. The molecular weight excluding hydrogens is 292 g/mol. The van der Waals surface area contributed by atoms with Crippen LogP contribution in [-0.4, -0.2) is 24.2 Å². The molecule has 84 valence electrons. The van der Waals surface area contributed by atoms with Crippen molar-refractivity contribution in [2.24, 2.45) is 0 Å². The van der Waals surface area contributed by atoms with Gasteiger partial charge in [-0.2, -0.15) is 0 Å². The van der Waals surface area contributed by atoms with Crippen molar-refractivity contribution in [3.05, 3.63) is 22.2 Å². The summed E-state index contributed by atoms with van der Waals surface area (Å²) >= 11 is 7.07. The van der Waals surface area contributed by atoms with E-state index in [2.05, 4.69) is 40.6 Å². The predicted octanol–water partition coefficient (Wildman–Crippen LogP) is 3.99. The Morgan fingerprint density at radius 2 is 2.00 bits per heavy atom. The second-order valence-electron chi connectivity index (χ2n) is 3.32. The lowest BCUT2D eigenvalue weighted by atomic mass is 10.0. The van der Waals surface area contributed by atoms with Crippen LogP contribution in [-0.2, 0) is 0 Å². The quantitative estimate of drug-likeness (QED) is 0.849. The number of aliphatic hydroxyl groups excluding tert-OH is 1. The molecule has 0 aliphatic heterocycles. The maximum absolute atomic E-state index is 9.14. The van der Waals surface area contributed by atoms with Crippen LogP contribution in [0.3, 0.4) is 0 Å². The molecule has 0 spiro atoms. The van der Waals surface area contributed by atoms with Crippen molar-refractivity contribution in [1.82, 2.24) is 0 Å². The zero-order chi connectivity index (χ0) is 11.4. The Kier molecular flexibility index (Phi) is 5.53. The second kappa shape index (κ2) is 6.18. The van der Waals surface area contributed by atoms with Gasteiger partial charge in [-0.25, -0.2) is 0 Å². The van der Waals surface area contributed by atoms with Gasteiger partial charge in [0.2, 0.25) is 0 Å². The Morgan fingerprint density at radius 3 is 2.47 bits per heavy atom. The molecule has 0 saturated carbocycles. The average Bonchev–Trinajstić information content (AvgIpc) is 2.26. The molecule has 0 radical (unpaired) electrons. The van der Waals surface area contributed by atoms with Crippen molar-refractivity contribution in [1.29, 1.82) is 0 Å². The van der Waals surface area contributed by atoms with Crippen LogP contribution in [0, 0.1) is 0 Å². The van der Waals surface area contributed by atoms with Crippen molar-refractivity contribution in [3.8, 4) is 0 Å². The van der Waals surface area contributed by atoms with Gasteiger partial charge in [0.05, 0.1) is 0 Å². The summed E-state index contributed by atoms with van der Waals surface area (Å²) in [5.41, 5.74) is 1.19. The number of rotatable bonds is 4. The molecule has 0 aliphatic rings. The molecule has 1 rings (SSSR count). The number of hydrogen-bond donors (Lipinski definition) is 1. The minimum atomic E-state index is 0.193.